The smallest absolute Gasteiger partial charge is 0.0561 e. The Morgan fingerprint density at radius 1 is 0.710 bits per heavy atom. The Morgan fingerprint density at radius 3 is 2.19 bits per heavy atom. The molecule has 0 radical (unpaired) electrons. The van der Waals surface area contributed by atoms with Crippen molar-refractivity contribution < 1.29 is 0 Å². The summed E-state index contributed by atoms with van der Waals surface area (Å²) in [5.41, 5.74) is 5.17. The molecule has 0 saturated heterocycles. The molecule has 1 aromatic heterocycles. The molecule has 3 aromatic carbocycles. The van der Waals surface area contributed by atoms with E-state index in [4.69, 9.17) is 0 Å². The molecular formula is C29H36N2. The number of hydrogen-bond donors (Lipinski definition) is 0. The Morgan fingerprint density at radius 2 is 1.45 bits per heavy atom. The maximum absolute atomic E-state index is 2.69. The number of nitrogens with zero attached hydrogens (tertiary/aromatic N) is 2. The van der Waals surface area contributed by atoms with Crippen molar-refractivity contribution in [1.82, 2.24) is 4.57 Å². The first-order valence-corrected chi connectivity index (χ1v) is 12.1. The monoisotopic (exact) mass is 412 g/mol. The van der Waals surface area contributed by atoms with E-state index in [1.165, 1.54) is 71.7 Å². The van der Waals surface area contributed by atoms with Crippen molar-refractivity contribution in [3.05, 3.63) is 72.8 Å². The van der Waals surface area contributed by atoms with Crippen molar-refractivity contribution in [2.75, 3.05) is 11.4 Å². The average molecular weight is 413 g/mol. The average Bonchev–Trinajstić information content (AvgIpc) is 3.14. The molecule has 1 unspecified atom stereocenters. The fraction of sp³-hybridized carbons (Fsp3) is 0.379. The summed E-state index contributed by atoms with van der Waals surface area (Å²) < 4.78 is 2.43. The third kappa shape index (κ3) is 4.35. The largest absolute Gasteiger partial charge is 0.368 e. The quantitative estimate of drug-likeness (QED) is 0.254. The summed E-state index contributed by atoms with van der Waals surface area (Å²) in [6, 6.07) is 27.3. The fourth-order valence-corrected chi connectivity index (χ4v) is 4.99. The molecule has 4 rings (SSSR count). The lowest BCUT2D eigenvalue weighted by molar-refractivity contribution is 0.489. The van der Waals surface area contributed by atoms with Crippen molar-refractivity contribution in [3.8, 4) is 5.69 Å². The van der Waals surface area contributed by atoms with Crippen LogP contribution in [0.3, 0.4) is 0 Å². The van der Waals surface area contributed by atoms with E-state index in [0.717, 1.165) is 6.54 Å². The molecule has 0 aliphatic carbocycles. The molecule has 31 heavy (non-hydrogen) atoms. The predicted octanol–water partition coefficient (Wildman–Crippen LogP) is 8.36. The second-order valence-corrected chi connectivity index (χ2v) is 8.67. The van der Waals surface area contributed by atoms with E-state index in [1.807, 2.05) is 0 Å². The molecule has 2 nitrogen and oxygen atoms in total. The Balaban J connectivity index is 1.88. The molecule has 0 bridgehead atoms. The molecule has 0 fully saturated rings. The fourth-order valence-electron chi connectivity index (χ4n) is 4.99. The van der Waals surface area contributed by atoms with Gasteiger partial charge in [0.2, 0.25) is 0 Å². The summed E-state index contributed by atoms with van der Waals surface area (Å²) >= 11 is 0. The van der Waals surface area contributed by atoms with Crippen LogP contribution in [0.5, 0.6) is 0 Å². The summed E-state index contributed by atoms with van der Waals surface area (Å²) in [5.74, 6) is 0. The zero-order valence-electron chi connectivity index (χ0n) is 19.3. The molecule has 0 aliphatic rings. The second kappa shape index (κ2) is 10.0. The highest BCUT2D eigenvalue weighted by Gasteiger charge is 2.19. The van der Waals surface area contributed by atoms with Gasteiger partial charge >= 0.3 is 0 Å². The van der Waals surface area contributed by atoms with Crippen molar-refractivity contribution in [2.24, 2.45) is 0 Å². The molecule has 0 aliphatic heterocycles. The Bertz CT molecular complexity index is 1110. The van der Waals surface area contributed by atoms with Crippen molar-refractivity contribution in [3.63, 3.8) is 0 Å². The molecule has 162 valence electrons. The van der Waals surface area contributed by atoms with Crippen LogP contribution in [-0.4, -0.2) is 17.2 Å². The van der Waals surface area contributed by atoms with E-state index in [9.17, 15) is 0 Å². The summed E-state index contributed by atoms with van der Waals surface area (Å²) in [5, 5.41) is 2.66. The van der Waals surface area contributed by atoms with Gasteiger partial charge in [-0.15, -0.1) is 0 Å². The van der Waals surface area contributed by atoms with Crippen LogP contribution in [0.1, 0.15) is 59.3 Å². The van der Waals surface area contributed by atoms with Gasteiger partial charge in [-0.25, -0.2) is 0 Å². The van der Waals surface area contributed by atoms with Crippen molar-refractivity contribution in [1.29, 1.82) is 0 Å². The molecule has 0 amide bonds. The van der Waals surface area contributed by atoms with Gasteiger partial charge in [0.25, 0.3) is 0 Å². The summed E-state index contributed by atoms with van der Waals surface area (Å²) in [6.45, 7) is 8.04. The normalized spacial score (nSPS) is 12.5. The van der Waals surface area contributed by atoms with Crippen LogP contribution >= 0.6 is 0 Å². The predicted molar refractivity (Wildman–Crippen MR) is 137 cm³/mol. The van der Waals surface area contributed by atoms with E-state index in [1.54, 1.807) is 0 Å². The topological polar surface area (TPSA) is 8.17 Å². The first-order valence-electron chi connectivity index (χ1n) is 12.1. The molecule has 1 atom stereocenters. The minimum absolute atomic E-state index is 0.622. The SMILES string of the molecule is CCCCC(CCC)N(CCC)c1ccc2c3ccccc3n(-c3ccccc3)c2c1. The highest BCUT2D eigenvalue weighted by molar-refractivity contribution is 6.10. The number of unbranched alkanes of at least 4 members (excludes halogenated alkanes) is 1. The van der Waals surface area contributed by atoms with E-state index < -0.39 is 0 Å². The van der Waals surface area contributed by atoms with Gasteiger partial charge in [-0.1, -0.05) is 82.5 Å². The molecule has 2 heteroatoms. The maximum Gasteiger partial charge on any atom is 0.0561 e. The Labute approximate surface area is 187 Å². The van der Waals surface area contributed by atoms with Crippen molar-refractivity contribution in [2.45, 2.75) is 65.3 Å². The van der Waals surface area contributed by atoms with Gasteiger partial charge in [0.1, 0.15) is 0 Å². The molecule has 0 spiro atoms. The number of anilines is 1. The van der Waals surface area contributed by atoms with E-state index >= 15 is 0 Å². The lowest BCUT2D eigenvalue weighted by Gasteiger charge is -2.34. The van der Waals surface area contributed by atoms with E-state index in [0.29, 0.717) is 6.04 Å². The highest BCUT2D eigenvalue weighted by atomic mass is 15.2. The van der Waals surface area contributed by atoms with Gasteiger partial charge in [-0.05, 0) is 49.6 Å². The second-order valence-electron chi connectivity index (χ2n) is 8.67. The zero-order chi connectivity index (χ0) is 21.6. The number of benzene rings is 3. The summed E-state index contributed by atoms with van der Waals surface area (Å²) in [6.07, 6.45) is 7.52. The first kappa shape index (κ1) is 21.5. The van der Waals surface area contributed by atoms with Crippen LogP contribution in [0.15, 0.2) is 72.8 Å². The lowest BCUT2D eigenvalue weighted by atomic mass is 10.0. The zero-order valence-corrected chi connectivity index (χ0v) is 19.3. The van der Waals surface area contributed by atoms with Crippen LogP contribution < -0.4 is 4.90 Å². The van der Waals surface area contributed by atoms with Gasteiger partial charge < -0.3 is 9.47 Å². The molecule has 1 heterocycles. The van der Waals surface area contributed by atoms with Crippen LogP contribution in [-0.2, 0) is 0 Å². The number of para-hydroxylation sites is 2. The third-order valence-corrected chi connectivity index (χ3v) is 6.42. The van der Waals surface area contributed by atoms with Gasteiger partial charge in [-0.2, -0.15) is 0 Å². The van der Waals surface area contributed by atoms with Gasteiger partial charge in [0.05, 0.1) is 11.0 Å². The summed E-state index contributed by atoms with van der Waals surface area (Å²) in [7, 11) is 0. The van der Waals surface area contributed by atoms with E-state index in [2.05, 4.69) is 103 Å². The Kier molecular flexibility index (Phi) is 6.96. The number of aromatic nitrogens is 1. The minimum Gasteiger partial charge on any atom is -0.368 e. The molecule has 4 aromatic rings. The number of hydrogen-bond acceptors (Lipinski definition) is 1. The van der Waals surface area contributed by atoms with Crippen molar-refractivity contribution >= 4 is 27.5 Å². The lowest BCUT2D eigenvalue weighted by Crippen LogP contribution is -2.36. The minimum atomic E-state index is 0.622. The number of rotatable bonds is 10. The highest BCUT2D eigenvalue weighted by Crippen LogP contribution is 2.35. The standard InChI is InChI=1S/C29H36N2/c1-4-7-14-23(13-5-2)30(21-6-3)25-19-20-27-26-17-11-12-18-28(26)31(29(27)22-25)24-15-9-8-10-16-24/h8-12,15-20,22-23H,4-7,13-14,21H2,1-3H3. The van der Waals surface area contributed by atoms with E-state index in [-0.39, 0.29) is 0 Å². The first-order chi connectivity index (χ1) is 15.3. The third-order valence-electron chi connectivity index (χ3n) is 6.42. The molecule has 0 saturated carbocycles. The Hall–Kier alpha value is -2.74. The number of fused-ring (bicyclic) bond motifs is 3. The van der Waals surface area contributed by atoms with Gasteiger partial charge in [0, 0.05) is 34.7 Å². The van der Waals surface area contributed by atoms with Crippen LogP contribution in [0.2, 0.25) is 0 Å². The van der Waals surface area contributed by atoms with Crippen LogP contribution in [0.25, 0.3) is 27.5 Å². The van der Waals surface area contributed by atoms with Crippen LogP contribution in [0, 0.1) is 0 Å². The van der Waals surface area contributed by atoms with Gasteiger partial charge in [-0.3, -0.25) is 0 Å². The van der Waals surface area contributed by atoms with Crippen LogP contribution in [0.4, 0.5) is 5.69 Å². The molecular weight excluding hydrogens is 376 g/mol. The van der Waals surface area contributed by atoms with Gasteiger partial charge in [0.15, 0.2) is 0 Å². The maximum atomic E-state index is 2.69. The summed E-state index contributed by atoms with van der Waals surface area (Å²) in [4.78, 5) is 2.69. The molecule has 0 N–H and O–H groups in total.